The molecule has 0 N–H and O–H groups in total. The summed E-state index contributed by atoms with van der Waals surface area (Å²) in [6.07, 6.45) is 0.717. The standard InChI is InChI=1S/C18H10ClF3N6O/c1-9-23-5-10(6-24-9)15-14-12(27-16(28-15)18(20,21)22)3-2-4-13(14)29-17-25-7-11(19)8-26-17/h2-8H,1H3. The lowest BCUT2D eigenvalue weighted by Gasteiger charge is -2.13. The summed E-state index contributed by atoms with van der Waals surface area (Å²) in [5.74, 6) is -0.635. The molecule has 0 amide bonds. The first kappa shape index (κ1) is 18.9. The molecule has 0 fully saturated rings. The van der Waals surface area contributed by atoms with Crippen molar-refractivity contribution in [3.8, 4) is 23.0 Å². The van der Waals surface area contributed by atoms with Crippen LogP contribution >= 0.6 is 11.6 Å². The molecule has 4 rings (SSSR count). The predicted octanol–water partition coefficient (Wildman–Crippen LogP) is 4.65. The number of rotatable bonds is 3. The molecule has 0 aliphatic carbocycles. The molecule has 4 aromatic rings. The summed E-state index contributed by atoms with van der Waals surface area (Å²) < 4.78 is 45.7. The van der Waals surface area contributed by atoms with Crippen LogP contribution in [-0.4, -0.2) is 29.9 Å². The van der Waals surface area contributed by atoms with Gasteiger partial charge in [0.1, 0.15) is 11.6 Å². The Bertz CT molecular complexity index is 1180. The molecule has 0 atom stereocenters. The topological polar surface area (TPSA) is 86.6 Å². The van der Waals surface area contributed by atoms with Gasteiger partial charge in [0.05, 0.1) is 34.0 Å². The fourth-order valence-corrected chi connectivity index (χ4v) is 2.64. The van der Waals surface area contributed by atoms with E-state index in [-0.39, 0.29) is 33.9 Å². The van der Waals surface area contributed by atoms with E-state index in [4.69, 9.17) is 16.3 Å². The van der Waals surface area contributed by atoms with Gasteiger partial charge in [0.25, 0.3) is 0 Å². The summed E-state index contributed by atoms with van der Waals surface area (Å²) in [6.45, 7) is 1.66. The van der Waals surface area contributed by atoms with Crippen molar-refractivity contribution in [3.63, 3.8) is 0 Å². The molecule has 0 aliphatic rings. The maximum atomic E-state index is 13.3. The van der Waals surface area contributed by atoms with Gasteiger partial charge in [0.2, 0.25) is 5.82 Å². The monoisotopic (exact) mass is 418 g/mol. The first-order valence-corrected chi connectivity index (χ1v) is 8.51. The summed E-state index contributed by atoms with van der Waals surface area (Å²) >= 11 is 5.77. The molecule has 29 heavy (non-hydrogen) atoms. The molecule has 7 nitrogen and oxygen atoms in total. The third-order valence-corrected chi connectivity index (χ3v) is 3.99. The van der Waals surface area contributed by atoms with Crippen LogP contribution in [0.4, 0.5) is 13.2 Å². The van der Waals surface area contributed by atoms with Crippen LogP contribution in [0.15, 0.2) is 43.0 Å². The lowest BCUT2D eigenvalue weighted by atomic mass is 10.1. The highest BCUT2D eigenvalue weighted by Crippen LogP contribution is 2.37. The molecule has 0 radical (unpaired) electrons. The molecule has 0 saturated carbocycles. The molecule has 11 heteroatoms. The predicted molar refractivity (Wildman–Crippen MR) is 97.4 cm³/mol. The number of hydrogen-bond donors (Lipinski definition) is 0. The molecule has 0 unspecified atom stereocenters. The van der Waals surface area contributed by atoms with Crippen LogP contribution in [0.25, 0.3) is 22.2 Å². The fraction of sp³-hybridized carbons (Fsp3) is 0.111. The zero-order valence-electron chi connectivity index (χ0n) is 14.6. The number of nitrogens with zero attached hydrogens (tertiary/aromatic N) is 6. The van der Waals surface area contributed by atoms with Crippen molar-refractivity contribution >= 4 is 22.5 Å². The smallest absolute Gasteiger partial charge is 0.423 e. The van der Waals surface area contributed by atoms with Crippen molar-refractivity contribution in [3.05, 3.63) is 59.7 Å². The molecule has 0 bridgehead atoms. The van der Waals surface area contributed by atoms with Crippen molar-refractivity contribution in [2.45, 2.75) is 13.1 Å². The van der Waals surface area contributed by atoms with E-state index in [2.05, 4.69) is 29.9 Å². The highest BCUT2D eigenvalue weighted by Gasteiger charge is 2.36. The Labute approximate surface area is 166 Å². The van der Waals surface area contributed by atoms with Crippen LogP contribution in [0.2, 0.25) is 5.02 Å². The number of ether oxygens (including phenoxy) is 1. The van der Waals surface area contributed by atoms with Crippen LogP contribution < -0.4 is 4.74 Å². The SMILES string of the molecule is Cc1ncc(-c2nc(C(F)(F)F)nc3cccc(Oc4ncc(Cl)cn4)c23)cn1. The van der Waals surface area contributed by atoms with Gasteiger partial charge in [-0.2, -0.15) is 13.2 Å². The van der Waals surface area contributed by atoms with Crippen molar-refractivity contribution < 1.29 is 17.9 Å². The van der Waals surface area contributed by atoms with Crippen molar-refractivity contribution in [1.29, 1.82) is 0 Å². The minimum absolute atomic E-state index is 0.0214. The van der Waals surface area contributed by atoms with E-state index >= 15 is 0 Å². The van der Waals surface area contributed by atoms with Crippen LogP contribution in [0, 0.1) is 6.92 Å². The van der Waals surface area contributed by atoms with Crippen LogP contribution in [0.5, 0.6) is 11.8 Å². The summed E-state index contributed by atoms with van der Waals surface area (Å²) in [6, 6.07) is 4.46. The van der Waals surface area contributed by atoms with Crippen LogP contribution in [0.1, 0.15) is 11.6 Å². The normalized spacial score (nSPS) is 11.6. The number of aromatic nitrogens is 6. The van der Waals surface area contributed by atoms with E-state index in [1.165, 1.54) is 36.9 Å². The van der Waals surface area contributed by atoms with E-state index in [1.54, 1.807) is 13.0 Å². The Morgan fingerprint density at radius 1 is 0.931 bits per heavy atom. The van der Waals surface area contributed by atoms with E-state index in [0.717, 1.165) is 0 Å². The Hall–Kier alpha value is -3.40. The molecule has 0 spiro atoms. The number of halogens is 4. The largest absolute Gasteiger partial charge is 0.451 e. The summed E-state index contributed by atoms with van der Waals surface area (Å²) in [4.78, 5) is 23.3. The lowest BCUT2D eigenvalue weighted by molar-refractivity contribution is -0.144. The average Bonchev–Trinajstić information content (AvgIpc) is 2.69. The van der Waals surface area contributed by atoms with Gasteiger partial charge in [-0.3, -0.25) is 0 Å². The summed E-state index contributed by atoms with van der Waals surface area (Å²) in [5.41, 5.74) is 0.294. The minimum atomic E-state index is -4.73. The number of aryl methyl sites for hydroxylation is 1. The first-order valence-electron chi connectivity index (χ1n) is 8.13. The van der Waals surface area contributed by atoms with E-state index in [0.29, 0.717) is 10.8 Å². The Balaban J connectivity index is 1.95. The zero-order valence-corrected chi connectivity index (χ0v) is 15.4. The van der Waals surface area contributed by atoms with Gasteiger partial charge in [0, 0.05) is 18.0 Å². The van der Waals surface area contributed by atoms with E-state index in [1.807, 2.05) is 0 Å². The maximum Gasteiger partial charge on any atom is 0.451 e. The highest BCUT2D eigenvalue weighted by atomic mass is 35.5. The van der Waals surface area contributed by atoms with Gasteiger partial charge < -0.3 is 4.74 Å². The molecule has 0 aliphatic heterocycles. The second kappa shape index (κ2) is 7.21. The zero-order chi connectivity index (χ0) is 20.6. The molecule has 146 valence electrons. The molecule has 0 saturated heterocycles. The first-order chi connectivity index (χ1) is 13.8. The van der Waals surface area contributed by atoms with Gasteiger partial charge >= 0.3 is 12.2 Å². The van der Waals surface area contributed by atoms with Gasteiger partial charge in [-0.25, -0.2) is 29.9 Å². The minimum Gasteiger partial charge on any atom is -0.423 e. The summed E-state index contributed by atoms with van der Waals surface area (Å²) in [7, 11) is 0. The van der Waals surface area contributed by atoms with Gasteiger partial charge in [-0.1, -0.05) is 17.7 Å². The second-order valence-corrected chi connectivity index (χ2v) is 6.29. The fourth-order valence-electron chi connectivity index (χ4n) is 2.54. The summed E-state index contributed by atoms with van der Waals surface area (Å²) in [5, 5.41) is 0.553. The lowest BCUT2D eigenvalue weighted by Crippen LogP contribution is -2.12. The Kier molecular flexibility index (Phi) is 4.71. The third-order valence-electron chi connectivity index (χ3n) is 3.79. The molecular formula is C18H10ClF3N6O. The number of benzene rings is 1. The average molecular weight is 419 g/mol. The second-order valence-electron chi connectivity index (χ2n) is 5.85. The number of hydrogen-bond acceptors (Lipinski definition) is 7. The quantitative estimate of drug-likeness (QED) is 0.478. The van der Waals surface area contributed by atoms with Gasteiger partial charge in [0.15, 0.2) is 0 Å². The van der Waals surface area contributed by atoms with E-state index < -0.39 is 12.0 Å². The van der Waals surface area contributed by atoms with Crippen molar-refractivity contribution in [2.75, 3.05) is 0 Å². The Morgan fingerprint density at radius 3 is 2.28 bits per heavy atom. The molecule has 1 aromatic carbocycles. The van der Waals surface area contributed by atoms with Crippen molar-refractivity contribution in [2.24, 2.45) is 0 Å². The van der Waals surface area contributed by atoms with Gasteiger partial charge in [-0.15, -0.1) is 0 Å². The Morgan fingerprint density at radius 2 is 1.62 bits per heavy atom. The molecule has 3 heterocycles. The number of alkyl halides is 3. The van der Waals surface area contributed by atoms with Gasteiger partial charge in [-0.05, 0) is 19.1 Å². The maximum absolute atomic E-state index is 13.3. The highest BCUT2D eigenvalue weighted by molar-refractivity contribution is 6.30. The molecule has 3 aromatic heterocycles. The van der Waals surface area contributed by atoms with Crippen molar-refractivity contribution in [1.82, 2.24) is 29.9 Å². The third kappa shape index (κ3) is 3.92. The molecular weight excluding hydrogens is 409 g/mol. The number of fused-ring (bicyclic) bond motifs is 1. The van der Waals surface area contributed by atoms with Crippen LogP contribution in [0.3, 0.4) is 0 Å². The van der Waals surface area contributed by atoms with E-state index in [9.17, 15) is 13.2 Å². The van der Waals surface area contributed by atoms with Crippen LogP contribution in [-0.2, 0) is 6.18 Å².